The summed E-state index contributed by atoms with van der Waals surface area (Å²) in [5.41, 5.74) is 0.803. The van der Waals surface area contributed by atoms with Crippen molar-refractivity contribution in [3.8, 4) is 0 Å². The van der Waals surface area contributed by atoms with Crippen molar-refractivity contribution in [1.82, 2.24) is 29.9 Å². The summed E-state index contributed by atoms with van der Waals surface area (Å²) in [5.74, 6) is 0.204. The lowest BCUT2D eigenvalue weighted by Crippen LogP contribution is -2.34. The second-order valence-corrected chi connectivity index (χ2v) is 10.5. The molecule has 282 valence electrons. The molecular weight excluding hydrogens is 676 g/mol. The molecule has 23 nitrogen and oxygen atoms in total. The molecule has 0 aliphatic heterocycles. The summed E-state index contributed by atoms with van der Waals surface area (Å²) in [4.78, 5) is 30.0. The van der Waals surface area contributed by atoms with Gasteiger partial charge in [-0.1, -0.05) is 10.3 Å². The molecule has 0 fully saturated rings. The summed E-state index contributed by atoms with van der Waals surface area (Å²) in [6.45, 7) is 2.27. The van der Waals surface area contributed by atoms with Crippen LogP contribution < -0.4 is 0 Å². The van der Waals surface area contributed by atoms with Gasteiger partial charge in [-0.05, 0) is 13.8 Å². The third-order valence-corrected chi connectivity index (χ3v) is 6.78. The highest BCUT2D eigenvalue weighted by molar-refractivity contribution is 5.95. The van der Waals surface area contributed by atoms with E-state index in [0.717, 1.165) is 0 Å². The minimum atomic E-state index is -1.55. The first-order valence-electron chi connectivity index (χ1n) is 14.5. The van der Waals surface area contributed by atoms with Gasteiger partial charge in [-0.25, -0.2) is 15.0 Å². The third kappa shape index (κ3) is 12.3. The van der Waals surface area contributed by atoms with Crippen molar-refractivity contribution in [2.24, 2.45) is 10.3 Å². The zero-order valence-corrected chi connectivity index (χ0v) is 27.0. The Morgan fingerprint density at radius 1 is 0.560 bits per heavy atom. The average molecular weight is 721 g/mol. The lowest BCUT2D eigenvalue weighted by Gasteiger charge is -2.20. The quantitative estimate of drug-likeness (QED) is 0.0302. The number of carbonyl (C=O) groups is 1. The van der Waals surface area contributed by atoms with Gasteiger partial charge in [0, 0.05) is 6.92 Å². The summed E-state index contributed by atoms with van der Waals surface area (Å²) in [6.07, 6.45) is -9.63. The van der Waals surface area contributed by atoms with Crippen LogP contribution in [0.15, 0.2) is 28.9 Å². The number of ketones is 1. The van der Waals surface area contributed by atoms with Crippen LogP contribution in [0, 0.1) is 0 Å². The molecule has 3 heterocycles. The fraction of sp³-hybridized carbons (Fsp3) is 0.556. The Morgan fingerprint density at radius 2 is 0.820 bits per heavy atom. The molecule has 3 aromatic rings. The predicted octanol–water partition coefficient (Wildman–Crippen LogP) is -4.93. The first-order chi connectivity index (χ1) is 23.5. The van der Waals surface area contributed by atoms with Crippen LogP contribution in [0.2, 0.25) is 0 Å². The molecule has 0 radical (unpaired) electrons. The lowest BCUT2D eigenvalue weighted by atomic mass is 10.1. The Morgan fingerprint density at radius 3 is 1.04 bits per heavy atom. The molecule has 3 aromatic heterocycles. The molecule has 0 amide bonds. The lowest BCUT2D eigenvalue weighted by molar-refractivity contribution is -0.0788. The molecule has 0 aliphatic carbocycles. The zero-order valence-electron chi connectivity index (χ0n) is 27.0. The molecule has 0 spiro atoms. The van der Waals surface area contributed by atoms with Crippen LogP contribution in [0.5, 0.6) is 0 Å². The molecule has 0 unspecified atom stereocenters. The minimum Gasteiger partial charge on any atom is -0.411 e. The number of hydrogen-bond acceptors (Lipinski definition) is 20. The van der Waals surface area contributed by atoms with Gasteiger partial charge in [0.25, 0.3) is 0 Å². The van der Waals surface area contributed by atoms with Gasteiger partial charge in [0.05, 0.1) is 55.5 Å². The van der Waals surface area contributed by atoms with Gasteiger partial charge < -0.3 is 86.6 Å². The number of rotatable bonds is 15. The first-order valence-corrected chi connectivity index (χ1v) is 14.5. The van der Waals surface area contributed by atoms with E-state index in [2.05, 4.69) is 40.2 Å². The van der Waals surface area contributed by atoms with Gasteiger partial charge in [0.1, 0.15) is 66.4 Å². The monoisotopic (exact) mass is 720 g/mol. The van der Waals surface area contributed by atoms with Crippen LogP contribution >= 0.6 is 0 Å². The van der Waals surface area contributed by atoms with E-state index in [-0.39, 0.29) is 51.8 Å². The Labute approximate surface area is 282 Å². The van der Waals surface area contributed by atoms with E-state index in [1.807, 2.05) is 0 Å². The zero-order chi connectivity index (χ0) is 38.3. The van der Waals surface area contributed by atoms with Crippen molar-refractivity contribution < 1.29 is 76.5 Å². The van der Waals surface area contributed by atoms with Crippen molar-refractivity contribution in [3.63, 3.8) is 0 Å². The van der Waals surface area contributed by atoms with Crippen LogP contribution in [0.3, 0.4) is 0 Å². The van der Waals surface area contributed by atoms with Crippen LogP contribution in [-0.2, 0) is 0 Å². The molecule has 23 heteroatoms. The molecule has 9 atom stereocenters. The highest BCUT2D eigenvalue weighted by atomic mass is 16.4. The molecule has 0 saturated carbocycles. The van der Waals surface area contributed by atoms with E-state index in [1.54, 1.807) is 0 Å². The molecule has 0 aliphatic rings. The summed E-state index contributed by atoms with van der Waals surface area (Å²) < 4.78 is 0. The van der Waals surface area contributed by atoms with Gasteiger partial charge >= 0.3 is 0 Å². The number of aliphatic hydroxyl groups excluding tert-OH is 12. The maximum absolute atomic E-state index is 10.9. The maximum atomic E-state index is 10.9. The predicted molar refractivity (Wildman–Crippen MR) is 166 cm³/mol. The van der Waals surface area contributed by atoms with Crippen molar-refractivity contribution in [2.45, 2.75) is 75.7 Å². The van der Waals surface area contributed by atoms with Gasteiger partial charge in [-0.2, -0.15) is 0 Å². The summed E-state index contributed by atoms with van der Waals surface area (Å²) >= 11 is 0. The third-order valence-electron chi connectivity index (χ3n) is 6.78. The summed E-state index contributed by atoms with van der Waals surface area (Å²) in [5, 5.41) is 133. The molecular formula is C27H44N8O15. The highest BCUT2D eigenvalue weighted by Gasteiger charge is 2.29. The van der Waals surface area contributed by atoms with Crippen molar-refractivity contribution in [3.05, 3.63) is 53.1 Å². The van der Waals surface area contributed by atoms with Gasteiger partial charge in [0.15, 0.2) is 23.3 Å². The highest BCUT2D eigenvalue weighted by Crippen LogP contribution is 2.19. The Hall–Kier alpha value is -4.24. The Balaban J connectivity index is 0.000000375. The number of aliphatic hydroxyl groups is 12. The van der Waals surface area contributed by atoms with Gasteiger partial charge in [-0.15, -0.1) is 0 Å². The maximum Gasteiger partial charge on any atom is 0.194 e. The topological polar surface area (TPSA) is 411 Å². The standard InChI is InChI=1S/2C9H15N3O5.C9H14N2O5/c2*1-4(12-17)9-10-2-5(11-9)7(15)8(16)6(14)3-13;1-4(13)9-10-2-5(11-9)7(15)8(16)6(14)3-12/h2*2,6-8,13-17H,3H2,1H3,(H,10,11);2,6-8,12,14-16H,3H2,1H3,(H,10,11)/b12-4+;;/t3*6-,7-,8-/m111/s1. The molecule has 3 rings (SSSR count). The van der Waals surface area contributed by atoms with E-state index in [9.17, 15) is 35.4 Å². The Kier molecular flexibility index (Phi) is 18.5. The van der Waals surface area contributed by atoms with E-state index in [1.165, 1.54) is 39.4 Å². The largest absolute Gasteiger partial charge is 0.411 e. The second-order valence-electron chi connectivity index (χ2n) is 10.5. The van der Waals surface area contributed by atoms with Gasteiger partial charge in [0.2, 0.25) is 0 Å². The number of hydrogen-bond donors (Lipinski definition) is 17. The number of aromatic amines is 3. The molecule has 0 saturated heterocycles. The fourth-order valence-electron chi connectivity index (χ4n) is 3.61. The Bertz CT molecular complexity index is 1420. The summed E-state index contributed by atoms with van der Waals surface area (Å²) in [6, 6.07) is 0. The van der Waals surface area contributed by atoms with Crippen molar-refractivity contribution in [1.29, 1.82) is 0 Å². The van der Waals surface area contributed by atoms with Crippen LogP contribution in [0.1, 0.15) is 78.4 Å². The normalized spacial score (nSPS) is 17.5. The SMILES string of the molecule is C/C(=N\O)c1ncc([C@@H](O)[C@H](O)[C@H](O)CO)[nH]1.CC(=NO)c1ncc([C@@H](O)[C@H](O)[C@H](O)CO)[nH]1.CC(=O)c1ncc([C@@H](O)[C@H](O)[C@H](O)CO)[nH]1. The average Bonchev–Trinajstić information content (AvgIpc) is 3.93. The number of nitrogens with zero attached hydrogens (tertiary/aromatic N) is 5. The van der Waals surface area contributed by atoms with Crippen molar-refractivity contribution in [2.75, 3.05) is 19.8 Å². The number of aromatic nitrogens is 6. The number of imidazole rings is 3. The first kappa shape index (κ1) is 43.8. The number of oxime groups is 2. The van der Waals surface area contributed by atoms with Crippen LogP contribution in [0.25, 0.3) is 0 Å². The number of nitrogens with one attached hydrogen (secondary N) is 3. The van der Waals surface area contributed by atoms with E-state index >= 15 is 0 Å². The molecule has 17 N–H and O–H groups in total. The number of Topliss-reactive ketones (excluding diaryl/α,β-unsaturated/α-hetero) is 1. The second kappa shape index (κ2) is 21.1. The fourth-order valence-corrected chi connectivity index (χ4v) is 3.61. The van der Waals surface area contributed by atoms with Crippen LogP contribution in [0.4, 0.5) is 0 Å². The van der Waals surface area contributed by atoms with E-state index in [0.29, 0.717) is 0 Å². The smallest absolute Gasteiger partial charge is 0.194 e. The molecule has 0 bridgehead atoms. The van der Waals surface area contributed by atoms with Crippen LogP contribution in [-0.4, -0.2) is 175 Å². The number of H-pyrrole nitrogens is 3. The van der Waals surface area contributed by atoms with Gasteiger partial charge in [-0.3, -0.25) is 4.79 Å². The summed E-state index contributed by atoms with van der Waals surface area (Å²) in [7, 11) is 0. The molecule has 50 heavy (non-hydrogen) atoms. The van der Waals surface area contributed by atoms with E-state index in [4.69, 9.17) is 41.1 Å². The van der Waals surface area contributed by atoms with E-state index < -0.39 is 74.8 Å². The van der Waals surface area contributed by atoms with Crippen molar-refractivity contribution >= 4 is 17.2 Å². The molecule has 0 aromatic carbocycles. The number of carbonyl (C=O) groups excluding carboxylic acids is 1. The minimum absolute atomic E-state index is 0.0553.